The number of hydrogen-bond donors (Lipinski definition) is 0. The number of carbonyl (C=O) groups is 1. The minimum absolute atomic E-state index is 0.0298. The summed E-state index contributed by atoms with van der Waals surface area (Å²) in [6.07, 6.45) is 2.16. The number of Topliss-reactive ketones (excluding diaryl/α,β-unsaturated/α-hetero) is 1. The molecule has 1 aliphatic rings. The Balaban J connectivity index is 1.73. The van der Waals surface area contributed by atoms with E-state index in [1.807, 2.05) is 43.3 Å². The molecule has 1 heterocycles. The monoisotopic (exact) mass is 355 g/mol. The largest absolute Gasteiger partial charge is 0.497 e. The Morgan fingerprint density at radius 2 is 2.04 bits per heavy atom. The van der Waals surface area contributed by atoms with E-state index in [1.165, 1.54) is 0 Å². The topological polar surface area (TPSA) is 38.8 Å². The van der Waals surface area contributed by atoms with Crippen LogP contribution in [-0.4, -0.2) is 50.1 Å². The van der Waals surface area contributed by atoms with Gasteiger partial charge in [0.25, 0.3) is 0 Å². The summed E-state index contributed by atoms with van der Waals surface area (Å²) in [5.41, 5.74) is 0.786. The van der Waals surface area contributed by atoms with Crippen LogP contribution in [0.25, 0.3) is 10.8 Å². The Morgan fingerprint density at radius 3 is 2.73 bits per heavy atom. The summed E-state index contributed by atoms with van der Waals surface area (Å²) < 4.78 is 10.8. The molecule has 0 saturated carbocycles. The van der Waals surface area contributed by atoms with Crippen LogP contribution < -0.4 is 4.74 Å². The summed E-state index contributed by atoms with van der Waals surface area (Å²) in [4.78, 5) is 15.4. The van der Waals surface area contributed by atoms with E-state index in [2.05, 4.69) is 11.8 Å². The van der Waals surface area contributed by atoms with Gasteiger partial charge in [0.15, 0.2) is 5.78 Å². The second kappa shape index (κ2) is 8.65. The van der Waals surface area contributed by atoms with Gasteiger partial charge in [-0.1, -0.05) is 32.0 Å². The summed E-state index contributed by atoms with van der Waals surface area (Å²) in [5, 5.41) is 2.16. The van der Waals surface area contributed by atoms with Crippen LogP contribution in [0.4, 0.5) is 0 Å². The highest BCUT2D eigenvalue weighted by molar-refractivity contribution is 6.01. The normalized spacial score (nSPS) is 18.4. The molecule has 0 spiro atoms. The van der Waals surface area contributed by atoms with E-state index in [-0.39, 0.29) is 11.7 Å². The molecule has 2 aromatic rings. The first-order chi connectivity index (χ1) is 12.6. The van der Waals surface area contributed by atoms with Crippen LogP contribution in [0.2, 0.25) is 0 Å². The number of fused-ring (bicyclic) bond motifs is 1. The van der Waals surface area contributed by atoms with E-state index in [4.69, 9.17) is 9.47 Å². The number of methoxy groups -OCH3 is 1. The Kier molecular flexibility index (Phi) is 6.28. The summed E-state index contributed by atoms with van der Waals surface area (Å²) in [6, 6.07) is 12.3. The van der Waals surface area contributed by atoms with Crippen molar-refractivity contribution in [2.45, 2.75) is 32.7 Å². The fourth-order valence-corrected chi connectivity index (χ4v) is 3.74. The van der Waals surface area contributed by atoms with Crippen LogP contribution in [0.15, 0.2) is 36.4 Å². The van der Waals surface area contributed by atoms with Crippen molar-refractivity contribution >= 4 is 16.6 Å². The van der Waals surface area contributed by atoms with Crippen molar-refractivity contribution in [1.82, 2.24) is 4.90 Å². The number of nitrogens with zero attached hydrogens (tertiary/aromatic N) is 1. The number of hydrogen-bond acceptors (Lipinski definition) is 4. The standard InChI is InChI=1S/C22H29NO3/c1-4-10-23(20-9-11-26-15-20)14-16(2)22(24)19-6-5-18-13-21(25-3)8-7-17(18)12-19/h5-8,12-13,16,20H,4,9-11,14-15H2,1-3H3. The molecule has 0 aliphatic carbocycles. The zero-order valence-electron chi connectivity index (χ0n) is 16.0. The SMILES string of the molecule is CCCN(CC(C)C(=O)c1ccc2cc(OC)ccc2c1)C1CCOC1. The van der Waals surface area contributed by atoms with Crippen molar-refractivity contribution in [3.8, 4) is 5.75 Å². The fourth-order valence-electron chi connectivity index (χ4n) is 3.74. The molecule has 2 aromatic carbocycles. The Bertz CT molecular complexity index is 752. The fraction of sp³-hybridized carbons (Fsp3) is 0.500. The maximum absolute atomic E-state index is 13.0. The van der Waals surface area contributed by atoms with Crippen LogP contribution in [0.1, 0.15) is 37.0 Å². The van der Waals surface area contributed by atoms with Crippen LogP contribution in [0.3, 0.4) is 0 Å². The molecule has 0 radical (unpaired) electrons. The highest BCUT2D eigenvalue weighted by Gasteiger charge is 2.26. The lowest BCUT2D eigenvalue weighted by Gasteiger charge is -2.29. The second-order valence-corrected chi connectivity index (χ2v) is 7.21. The number of rotatable bonds is 8. The third kappa shape index (κ3) is 4.25. The zero-order valence-corrected chi connectivity index (χ0v) is 16.0. The summed E-state index contributed by atoms with van der Waals surface area (Å²) in [5.74, 6) is 1.01. The van der Waals surface area contributed by atoms with Crippen molar-refractivity contribution in [2.24, 2.45) is 5.92 Å². The molecule has 1 aliphatic heterocycles. The van der Waals surface area contributed by atoms with E-state index < -0.39 is 0 Å². The van der Waals surface area contributed by atoms with Gasteiger partial charge in [-0.05, 0) is 48.4 Å². The van der Waals surface area contributed by atoms with E-state index in [1.54, 1.807) is 7.11 Å². The van der Waals surface area contributed by atoms with E-state index in [9.17, 15) is 4.79 Å². The average Bonchev–Trinajstić information content (AvgIpc) is 3.20. The lowest BCUT2D eigenvalue weighted by atomic mass is 9.96. The van der Waals surface area contributed by atoms with Crippen LogP contribution in [-0.2, 0) is 4.74 Å². The van der Waals surface area contributed by atoms with Gasteiger partial charge in [0, 0.05) is 30.7 Å². The van der Waals surface area contributed by atoms with Gasteiger partial charge < -0.3 is 9.47 Å². The van der Waals surface area contributed by atoms with Crippen molar-refractivity contribution in [3.63, 3.8) is 0 Å². The highest BCUT2D eigenvalue weighted by Crippen LogP contribution is 2.24. The van der Waals surface area contributed by atoms with Gasteiger partial charge in [-0.25, -0.2) is 0 Å². The lowest BCUT2D eigenvalue weighted by molar-refractivity contribution is 0.0849. The summed E-state index contributed by atoms with van der Waals surface area (Å²) in [6.45, 7) is 7.66. The van der Waals surface area contributed by atoms with Gasteiger partial charge in [0.05, 0.1) is 13.7 Å². The quantitative estimate of drug-likeness (QED) is 0.666. The van der Waals surface area contributed by atoms with E-state index in [0.717, 1.165) is 61.2 Å². The van der Waals surface area contributed by atoms with Crippen molar-refractivity contribution in [1.29, 1.82) is 0 Å². The Labute approximate surface area is 156 Å². The molecule has 3 rings (SSSR count). The van der Waals surface area contributed by atoms with Gasteiger partial charge in [0.2, 0.25) is 0 Å². The molecule has 2 atom stereocenters. The van der Waals surface area contributed by atoms with Crippen molar-refractivity contribution in [3.05, 3.63) is 42.0 Å². The molecule has 26 heavy (non-hydrogen) atoms. The minimum atomic E-state index is -0.0298. The molecule has 1 saturated heterocycles. The van der Waals surface area contributed by atoms with Gasteiger partial charge in [-0.15, -0.1) is 0 Å². The van der Waals surface area contributed by atoms with E-state index in [0.29, 0.717) is 6.04 Å². The first-order valence-electron chi connectivity index (χ1n) is 9.56. The molecule has 0 bridgehead atoms. The second-order valence-electron chi connectivity index (χ2n) is 7.21. The van der Waals surface area contributed by atoms with Crippen molar-refractivity contribution < 1.29 is 14.3 Å². The van der Waals surface area contributed by atoms with Crippen LogP contribution >= 0.6 is 0 Å². The first kappa shape index (κ1) is 18.9. The van der Waals surface area contributed by atoms with Gasteiger partial charge in [0.1, 0.15) is 5.75 Å². The lowest BCUT2D eigenvalue weighted by Crippen LogP contribution is -2.40. The van der Waals surface area contributed by atoms with Gasteiger partial charge in [-0.2, -0.15) is 0 Å². The molecule has 1 fully saturated rings. The Hall–Kier alpha value is -1.91. The van der Waals surface area contributed by atoms with Gasteiger partial charge in [-0.3, -0.25) is 9.69 Å². The maximum Gasteiger partial charge on any atom is 0.166 e. The average molecular weight is 355 g/mol. The van der Waals surface area contributed by atoms with Crippen LogP contribution in [0, 0.1) is 5.92 Å². The summed E-state index contributed by atoms with van der Waals surface area (Å²) >= 11 is 0. The van der Waals surface area contributed by atoms with E-state index >= 15 is 0 Å². The predicted octanol–water partition coefficient (Wildman–Crippen LogP) is 4.17. The third-order valence-electron chi connectivity index (χ3n) is 5.22. The van der Waals surface area contributed by atoms with Crippen molar-refractivity contribution in [2.75, 3.05) is 33.4 Å². The Morgan fingerprint density at radius 1 is 1.27 bits per heavy atom. The minimum Gasteiger partial charge on any atom is -0.497 e. The predicted molar refractivity (Wildman–Crippen MR) is 105 cm³/mol. The van der Waals surface area contributed by atoms with Gasteiger partial charge >= 0.3 is 0 Å². The van der Waals surface area contributed by atoms with Crippen LogP contribution in [0.5, 0.6) is 5.75 Å². The third-order valence-corrected chi connectivity index (χ3v) is 5.22. The molecule has 2 unspecified atom stereocenters. The zero-order chi connectivity index (χ0) is 18.5. The molecule has 140 valence electrons. The number of ketones is 1. The number of benzene rings is 2. The number of carbonyl (C=O) groups excluding carboxylic acids is 1. The smallest absolute Gasteiger partial charge is 0.166 e. The maximum atomic E-state index is 13.0. The molecule has 4 heteroatoms. The number of ether oxygens (including phenoxy) is 2. The highest BCUT2D eigenvalue weighted by atomic mass is 16.5. The molecular formula is C22H29NO3. The first-order valence-corrected chi connectivity index (χ1v) is 9.56. The molecule has 0 amide bonds. The summed E-state index contributed by atoms with van der Waals surface area (Å²) in [7, 11) is 1.66. The molecule has 0 aromatic heterocycles. The molecule has 4 nitrogen and oxygen atoms in total. The molecular weight excluding hydrogens is 326 g/mol. The molecule has 0 N–H and O–H groups in total.